The highest BCUT2D eigenvalue weighted by molar-refractivity contribution is 5.79. The van der Waals surface area contributed by atoms with Gasteiger partial charge in [-0.05, 0) is 32.9 Å². The molecule has 0 amide bonds. The van der Waals surface area contributed by atoms with Crippen molar-refractivity contribution in [3.05, 3.63) is 42.7 Å². The second-order valence-corrected chi connectivity index (χ2v) is 6.85. The van der Waals surface area contributed by atoms with E-state index in [4.69, 9.17) is 0 Å². The van der Waals surface area contributed by atoms with Crippen LogP contribution >= 0.6 is 0 Å². The minimum Gasteiger partial charge on any atom is -0.350 e. The van der Waals surface area contributed by atoms with Crippen molar-refractivity contribution in [2.24, 2.45) is 0 Å². The SMILES string of the molecule is CN[C@H]1C[C@@H](Nc2ncc3c(-c4cnc5ncc(C)n5c4)ccn3n2)C1. The summed E-state index contributed by atoms with van der Waals surface area (Å²) in [7, 11) is 2.00. The predicted octanol–water partition coefficient (Wildman–Crippen LogP) is 1.91. The van der Waals surface area contributed by atoms with Crippen molar-refractivity contribution in [2.45, 2.75) is 31.8 Å². The topological polar surface area (TPSA) is 84.4 Å². The average molecular weight is 348 g/mol. The van der Waals surface area contributed by atoms with E-state index < -0.39 is 0 Å². The van der Waals surface area contributed by atoms with Crippen LogP contribution in [0.4, 0.5) is 5.95 Å². The Labute approximate surface area is 150 Å². The van der Waals surface area contributed by atoms with Crippen LogP contribution in [-0.4, -0.2) is 48.1 Å². The fourth-order valence-electron chi connectivity index (χ4n) is 3.49. The summed E-state index contributed by atoms with van der Waals surface area (Å²) in [5.41, 5.74) is 4.08. The molecule has 0 spiro atoms. The molecular formula is C18H20N8. The second-order valence-electron chi connectivity index (χ2n) is 6.85. The van der Waals surface area contributed by atoms with Crippen LogP contribution in [0.3, 0.4) is 0 Å². The van der Waals surface area contributed by atoms with Crippen molar-refractivity contribution < 1.29 is 0 Å². The first kappa shape index (κ1) is 15.3. The Morgan fingerprint density at radius 2 is 1.92 bits per heavy atom. The number of imidazole rings is 1. The van der Waals surface area contributed by atoms with Gasteiger partial charge in [0, 0.05) is 47.5 Å². The van der Waals surface area contributed by atoms with Crippen LogP contribution in [0.5, 0.6) is 0 Å². The monoisotopic (exact) mass is 348 g/mol. The molecule has 0 unspecified atom stereocenters. The lowest BCUT2D eigenvalue weighted by atomic mass is 9.87. The lowest BCUT2D eigenvalue weighted by molar-refractivity contribution is 0.325. The standard InChI is InChI=1S/C18H20N8/c1-11-7-21-18-22-8-12(10-25(11)18)15-3-4-26-16(15)9-20-17(24-26)23-14-5-13(6-14)19-2/h3-4,7-10,13-14,19H,5-6H2,1-2H3,(H,23,24)/t13-,14+. The van der Waals surface area contributed by atoms with Gasteiger partial charge in [-0.2, -0.15) is 0 Å². The zero-order chi connectivity index (χ0) is 17.7. The number of aromatic nitrogens is 6. The van der Waals surface area contributed by atoms with E-state index in [0.29, 0.717) is 23.8 Å². The first-order valence-corrected chi connectivity index (χ1v) is 8.79. The quantitative estimate of drug-likeness (QED) is 0.586. The number of nitrogens with one attached hydrogen (secondary N) is 2. The van der Waals surface area contributed by atoms with E-state index in [1.807, 2.05) is 53.7 Å². The number of fused-ring (bicyclic) bond motifs is 2. The Morgan fingerprint density at radius 1 is 1.08 bits per heavy atom. The molecular weight excluding hydrogens is 328 g/mol. The van der Waals surface area contributed by atoms with Gasteiger partial charge in [0.1, 0.15) is 0 Å². The first-order valence-electron chi connectivity index (χ1n) is 8.79. The Kier molecular flexibility index (Phi) is 3.39. The van der Waals surface area contributed by atoms with Gasteiger partial charge in [-0.25, -0.2) is 19.5 Å². The molecule has 4 aromatic heterocycles. The molecule has 4 aromatic rings. The third-order valence-electron chi connectivity index (χ3n) is 5.16. The molecule has 1 aliphatic carbocycles. The first-order chi connectivity index (χ1) is 12.7. The van der Waals surface area contributed by atoms with Crippen molar-refractivity contribution in [3.8, 4) is 11.1 Å². The minimum atomic E-state index is 0.441. The van der Waals surface area contributed by atoms with Crippen molar-refractivity contribution in [1.29, 1.82) is 0 Å². The van der Waals surface area contributed by atoms with E-state index in [1.54, 1.807) is 0 Å². The van der Waals surface area contributed by atoms with E-state index in [-0.39, 0.29) is 0 Å². The summed E-state index contributed by atoms with van der Waals surface area (Å²) in [5, 5.41) is 11.3. The van der Waals surface area contributed by atoms with Crippen molar-refractivity contribution in [1.82, 2.24) is 34.3 Å². The smallest absolute Gasteiger partial charge is 0.241 e. The summed E-state index contributed by atoms with van der Waals surface area (Å²) in [4.78, 5) is 13.2. The van der Waals surface area contributed by atoms with Gasteiger partial charge in [-0.3, -0.25) is 4.40 Å². The molecule has 0 saturated heterocycles. The molecule has 1 saturated carbocycles. The summed E-state index contributed by atoms with van der Waals surface area (Å²) in [6, 6.07) is 3.09. The van der Waals surface area contributed by atoms with Gasteiger partial charge in [-0.1, -0.05) is 0 Å². The van der Waals surface area contributed by atoms with E-state index in [9.17, 15) is 0 Å². The van der Waals surface area contributed by atoms with Gasteiger partial charge in [0.05, 0.1) is 17.9 Å². The second kappa shape index (κ2) is 5.77. The highest BCUT2D eigenvalue weighted by atomic mass is 15.3. The Balaban J connectivity index is 1.46. The summed E-state index contributed by atoms with van der Waals surface area (Å²) < 4.78 is 3.86. The van der Waals surface area contributed by atoms with E-state index in [0.717, 1.165) is 35.2 Å². The Morgan fingerprint density at radius 3 is 2.77 bits per heavy atom. The summed E-state index contributed by atoms with van der Waals surface area (Å²) in [6.45, 7) is 2.02. The molecule has 5 rings (SSSR count). The number of hydrogen-bond acceptors (Lipinski definition) is 6. The molecule has 2 N–H and O–H groups in total. The molecule has 0 aliphatic heterocycles. The van der Waals surface area contributed by atoms with Crippen LogP contribution in [0.1, 0.15) is 18.5 Å². The number of aryl methyl sites for hydroxylation is 1. The fraction of sp³-hybridized carbons (Fsp3) is 0.333. The largest absolute Gasteiger partial charge is 0.350 e. The molecule has 0 aromatic carbocycles. The van der Waals surface area contributed by atoms with E-state index in [2.05, 4.69) is 36.9 Å². The fourth-order valence-corrected chi connectivity index (χ4v) is 3.49. The zero-order valence-electron chi connectivity index (χ0n) is 14.7. The molecule has 1 aliphatic rings. The molecule has 8 nitrogen and oxygen atoms in total. The van der Waals surface area contributed by atoms with Crippen LogP contribution in [0.25, 0.3) is 22.4 Å². The van der Waals surface area contributed by atoms with Gasteiger partial charge in [0.15, 0.2) is 0 Å². The van der Waals surface area contributed by atoms with Gasteiger partial charge in [0.25, 0.3) is 0 Å². The number of nitrogens with zero attached hydrogens (tertiary/aromatic N) is 6. The molecule has 0 radical (unpaired) electrons. The molecule has 26 heavy (non-hydrogen) atoms. The highest BCUT2D eigenvalue weighted by Crippen LogP contribution is 2.26. The van der Waals surface area contributed by atoms with Crippen LogP contribution in [-0.2, 0) is 0 Å². The summed E-state index contributed by atoms with van der Waals surface area (Å²) in [5.74, 6) is 1.37. The maximum Gasteiger partial charge on any atom is 0.241 e. The molecule has 132 valence electrons. The maximum atomic E-state index is 4.60. The van der Waals surface area contributed by atoms with E-state index in [1.165, 1.54) is 0 Å². The summed E-state index contributed by atoms with van der Waals surface area (Å²) in [6.07, 6.45) is 11.7. The number of anilines is 1. The molecule has 8 heteroatoms. The third kappa shape index (κ3) is 2.41. The summed E-state index contributed by atoms with van der Waals surface area (Å²) >= 11 is 0. The number of rotatable bonds is 4. The Hall–Kier alpha value is -3.00. The third-order valence-corrected chi connectivity index (χ3v) is 5.16. The number of hydrogen-bond donors (Lipinski definition) is 2. The van der Waals surface area contributed by atoms with Crippen LogP contribution in [0, 0.1) is 6.92 Å². The van der Waals surface area contributed by atoms with Gasteiger partial charge in [-0.15, -0.1) is 5.10 Å². The maximum absolute atomic E-state index is 4.60. The van der Waals surface area contributed by atoms with Crippen LogP contribution in [0.15, 0.2) is 37.1 Å². The van der Waals surface area contributed by atoms with Crippen LogP contribution < -0.4 is 10.6 Å². The molecule has 0 bridgehead atoms. The average Bonchev–Trinajstić information content (AvgIpc) is 3.21. The van der Waals surface area contributed by atoms with Crippen molar-refractivity contribution in [2.75, 3.05) is 12.4 Å². The normalized spacial score (nSPS) is 19.8. The molecule has 1 fully saturated rings. The highest BCUT2D eigenvalue weighted by Gasteiger charge is 2.28. The van der Waals surface area contributed by atoms with Crippen molar-refractivity contribution in [3.63, 3.8) is 0 Å². The van der Waals surface area contributed by atoms with Crippen molar-refractivity contribution >= 4 is 17.2 Å². The minimum absolute atomic E-state index is 0.441. The van der Waals surface area contributed by atoms with Gasteiger partial charge < -0.3 is 10.6 Å². The molecule has 4 heterocycles. The predicted molar refractivity (Wildman–Crippen MR) is 99.2 cm³/mol. The Bertz CT molecular complexity index is 1090. The van der Waals surface area contributed by atoms with E-state index >= 15 is 0 Å². The van der Waals surface area contributed by atoms with Gasteiger partial charge in [0.2, 0.25) is 11.7 Å². The zero-order valence-corrected chi connectivity index (χ0v) is 14.7. The lowest BCUT2D eigenvalue weighted by Gasteiger charge is -2.35. The van der Waals surface area contributed by atoms with Gasteiger partial charge >= 0.3 is 0 Å². The van der Waals surface area contributed by atoms with Crippen LogP contribution in [0.2, 0.25) is 0 Å². The lowest BCUT2D eigenvalue weighted by Crippen LogP contribution is -2.46. The molecule has 0 atom stereocenters.